The lowest BCUT2D eigenvalue weighted by molar-refractivity contribution is 0.0642. The molecule has 112 valence electrons. The molecule has 2 N–H and O–H groups in total. The smallest absolute Gasteiger partial charge is 0.256 e. The quantitative estimate of drug-likeness (QED) is 0.909. The van der Waals surface area contributed by atoms with Crippen molar-refractivity contribution in [2.45, 2.75) is 12.5 Å². The minimum absolute atomic E-state index is 0.214. The summed E-state index contributed by atoms with van der Waals surface area (Å²) in [7, 11) is 1.61. The van der Waals surface area contributed by atoms with E-state index in [9.17, 15) is 0 Å². The minimum Gasteiger partial charge on any atom is -0.496 e. The van der Waals surface area contributed by atoms with Crippen molar-refractivity contribution < 1.29 is 14.0 Å². The van der Waals surface area contributed by atoms with Crippen LogP contribution in [0.4, 0.5) is 0 Å². The number of hydrogen-bond donors (Lipinski definition) is 1. The number of aromatic nitrogens is 2. The molecular formula is C14H16BrN3O3. The zero-order valence-corrected chi connectivity index (χ0v) is 13.2. The van der Waals surface area contributed by atoms with E-state index in [1.807, 2.05) is 18.2 Å². The Morgan fingerprint density at radius 2 is 2.33 bits per heavy atom. The highest BCUT2D eigenvalue weighted by Crippen LogP contribution is 2.35. The second-order valence-electron chi connectivity index (χ2n) is 4.88. The number of rotatable bonds is 4. The molecule has 0 spiro atoms. The molecule has 1 aromatic carbocycles. The summed E-state index contributed by atoms with van der Waals surface area (Å²) in [6.07, 6.45) is 0.702. The number of halogens is 1. The lowest BCUT2D eigenvalue weighted by atomic mass is 10.0. The summed E-state index contributed by atoms with van der Waals surface area (Å²) < 4.78 is 17.3. The molecule has 0 radical (unpaired) electrons. The molecule has 1 aliphatic rings. The lowest BCUT2D eigenvalue weighted by Crippen LogP contribution is -2.18. The molecule has 3 rings (SSSR count). The van der Waals surface area contributed by atoms with Crippen molar-refractivity contribution in [2.75, 3.05) is 20.3 Å². The molecule has 1 aliphatic heterocycles. The van der Waals surface area contributed by atoms with Crippen LogP contribution in [-0.4, -0.2) is 30.4 Å². The molecule has 0 amide bonds. The van der Waals surface area contributed by atoms with Crippen molar-refractivity contribution in [3.63, 3.8) is 0 Å². The van der Waals surface area contributed by atoms with Crippen LogP contribution in [0.2, 0.25) is 0 Å². The second-order valence-corrected chi connectivity index (χ2v) is 5.79. The van der Waals surface area contributed by atoms with Gasteiger partial charge in [0.05, 0.1) is 12.7 Å². The molecule has 2 atom stereocenters. The van der Waals surface area contributed by atoms with E-state index in [0.717, 1.165) is 16.5 Å². The largest absolute Gasteiger partial charge is 0.496 e. The molecule has 1 saturated heterocycles. The minimum atomic E-state index is -0.214. The Labute approximate surface area is 130 Å². The van der Waals surface area contributed by atoms with Crippen molar-refractivity contribution in [2.24, 2.45) is 11.7 Å². The Morgan fingerprint density at radius 3 is 3.10 bits per heavy atom. The van der Waals surface area contributed by atoms with Crippen molar-refractivity contribution >= 4 is 15.9 Å². The maximum absolute atomic E-state index is 5.75. The predicted molar refractivity (Wildman–Crippen MR) is 79.8 cm³/mol. The van der Waals surface area contributed by atoms with E-state index in [4.69, 9.17) is 19.7 Å². The summed E-state index contributed by atoms with van der Waals surface area (Å²) in [5.41, 5.74) is 6.52. The van der Waals surface area contributed by atoms with Gasteiger partial charge in [-0.05, 0) is 31.2 Å². The van der Waals surface area contributed by atoms with Crippen molar-refractivity contribution in [1.29, 1.82) is 0 Å². The van der Waals surface area contributed by atoms with Gasteiger partial charge >= 0.3 is 0 Å². The van der Waals surface area contributed by atoms with Crippen LogP contribution >= 0.6 is 15.9 Å². The molecule has 0 aliphatic carbocycles. The van der Waals surface area contributed by atoms with Gasteiger partial charge in [-0.15, -0.1) is 0 Å². The van der Waals surface area contributed by atoms with Gasteiger partial charge < -0.3 is 19.7 Å². The monoisotopic (exact) mass is 353 g/mol. The molecule has 2 aromatic rings. The first-order valence-electron chi connectivity index (χ1n) is 6.72. The van der Waals surface area contributed by atoms with Gasteiger partial charge in [-0.2, -0.15) is 4.98 Å². The van der Waals surface area contributed by atoms with Gasteiger partial charge in [0.1, 0.15) is 11.9 Å². The highest BCUT2D eigenvalue weighted by molar-refractivity contribution is 9.10. The first-order valence-corrected chi connectivity index (χ1v) is 7.51. The fraction of sp³-hybridized carbons (Fsp3) is 0.429. The fourth-order valence-electron chi connectivity index (χ4n) is 2.46. The molecular weight excluding hydrogens is 338 g/mol. The van der Waals surface area contributed by atoms with Gasteiger partial charge in [0, 0.05) is 17.0 Å². The maximum atomic E-state index is 5.75. The Balaban J connectivity index is 1.93. The van der Waals surface area contributed by atoms with Crippen LogP contribution in [-0.2, 0) is 4.74 Å². The second kappa shape index (κ2) is 6.13. The summed E-state index contributed by atoms with van der Waals surface area (Å²) >= 11 is 3.43. The fourth-order valence-corrected chi connectivity index (χ4v) is 2.82. The van der Waals surface area contributed by atoms with Crippen LogP contribution < -0.4 is 10.5 Å². The van der Waals surface area contributed by atoms with E-state index in [1.165, 1.54) is 0 Å². The van der Waals surface area contributed by atoms with Gasteiger partial charge in [-0.3, -0.25) is 0 Å². The molecule has 0 bridgehead atoms. The summed E-state index contributed by atoms with van der Waals surface area (Å²) in [6.45, 7) is 1.22. The topological polar surface area (TPSA) is 83.4 Å². The van der Waals surface area contributed by atoms with Crippen LogP contribution in [0.3, 0.4) is 0 Å². The average Bonchev–Trinajstić information content (AvgIpc) is 3.15. The summed E-state index contributed by atoms with van der Waals surface area (Å²) in [5, 5.41) is 4.04. The van der Waals surface area contributed by atoms with Crippen LogP contribution in [0.25, 0.3) is 11.4 Å². The highest BCUT2D eigenvalue weighted by atomic mass is 79.9. The van der Waals surface area contributed by atoms with Crippen LogP contribution in [0.5, 0.6) is 5.75 Å². The third kappa shape index (κ3) is 2.81. The Hall–Kier alpha value is -1.44. The van der Waals surface area contributed by atoms with E-state index >= 15 is 0 Å². The Kier molecular flexibility index (Phi) is 4.23. The van der Waals surface area contributed by atoms with Crippen molar-refractivity contribution in [3.8, 4) is 17.1 Å². The molecule has 0 saturated carbocycles. The number of nitrogens with zero attached hydrogens (tertiary/aromatic N) is 2. The van der Waals surface area contributed by atoms with Crippen LogP contribution in [0.15, 0.2) is 27.2 Å². The SMILES string of the molecule is COc1ccc(Br)cc1-c1noc([C@H]2OCC[C@H]2CN)n1. The van der Waals surface area contributed by atoms with Gasteiger partial charge in [0.2, 0.25) is 5.82 Å². The maximum Gasteiger partial charge on any atom is 0.256 e. The lowest BCUT2D eigenvalue weighted by Gasteiger charge is -2.11. The number of methoxy groups -OCH3 is 1. The molecule has 21 heavy (non-hydrogen) atoms. The summed E-state index contributed by atoms with van der Waals surface area (Å²) in [6, 6.07) is 5.64. The van der Waals surface area contributed by atoms with Gasteiger partial charge in [-0.1, -0.05) is 21.1 Å². The van der Waals surface area contributed by atoms with E-state index in [1.54, 1.807) is 7.11 Å². The summed E-state index contributed by atoms with van der Waals surface area (Å²) in [5.74, 6) is 1.87. The first kappa shape index (κ1) is 14.5. The predicted octanol–water partition coefficient (Wildman–Crippen LogP) is 2.54. The molecule has 6 nitrogen and oxygen atoms in total. The van der Waals surface area contributed by atoms with E-state index < -0.39 is 0 Å². The molecule has 1 aromatic heterocycles. The van der Waals surface area contributed by atoms with Crippen molar-refractivity contribution in [1.82, 2.24) is 10.1 Å². The Bertz CT molecular complexity index is 632. The number of benzene rings is 1. The van der Waals surface area contributed by atoms with Crippen LogP contribution in [0.1, 0.15) is 18.4 Å². The standard InChI is InChI=1S/C14H16BrN3O3/c1-19-11-3-2-9(15)6-10(11)13-17-14(21-18-13)12-8(7-16)4-5-20-12/h2-3,6,8,12H,4-5,7,16H2,1H3/t8-,12-/m0/s1. The van der Waals surface area contributed by atoms with E-state index in [2.05, 4.69) is 26.1 Å². The van der Waals surface area contributed by atoms with Gasteiger partial charge in [0.25, 0.3) is 5.89 Å². The van der Waals surface area contributed by atoms with E-state index in [0.29, 0.717) is 30.6 Å². The summed E-state index contributed by atoms with van der Waals surface area (Å²) in [4.78, 5) is 4.45. The first-order chi connectivity index (χ1) is 10.2. The van der Waals surface area contributed by atoms with Crippen LogP contribution in [0, 0.1) is 5.92 Å². The Morgan fingerprint density at radius 1 is 1.48 bits per heavy atom. The molecule has 2 heterocycles. The van der Waals surface area contributed by atoms with E-state index in [-0.39, 0.29) is 12.0 Å². The van der Waals surface area contributed by atoms with Gasteiger partial charge in [-0.25, -0.2) is 0 Å². The molecule has 1 fully saturated rings. The van der Waals surface area contributed by atoms with Gasteiger partial charge in [0.15, 0.2) is 0 Å². The third-order valence-electron chi connectivity index (χ3n) is 3.60. The zero-order chi connectivity index (χ0) is 14.8. The molecule has 7 heteroatoms. The normalized spacial score (nSPS) is 21.7. The number of ether oxygens (including phenoxy) is 2. The number of hydrogen-bond acceptors (Lipinski definition) is 6. The highest BCUT2D eigenvalue weighted by Gasteiger charge is 2.33. The number of nitrogens with two attached hydrogens (primary N) is 1. The molecule has 0 unspecified atom stereocenters. The average molecular weight is 354 g/mol. The third-order valence-corrected chi connectivity index (χ3v) is 4.10. The zero-order valence-electron chi connectivity index (χ0n) is 11.6. The van der Waals surface area contributed by atoms with Crippen molar-refractivity contribution in [3.05, 3.63) is 28.6 Å².